The lowest BCUT2D eigenvalue weighted by Crippen LogP contribution is -2.47. The van der Waals surface area contributed by atoms with Crippen LogP contribution in [0.25, 0.3) is 10.8 Å². The Morgan fingerprint density at radius 1 is 1.04 bits per heavy atom. The summed E-state index contributed by atoms with van der Waals surface area (Å²) in [6.45, 7) is 7.09. The summed E-state index contributed by atoms with van der Waals surface area (Å²) in [5.74, 6) is 0.402. The monoisotopic (exact) mass is 349 g/mol. The van der Waals surface area contributed by atoms with Crippen molar-refractivity contribution in [1.29, 1.82) is 0 Å². The first-order valence-electron chi connectivity index (χ1n) is 8.28. The van der Waals surface area contributed by atoms with E-state index in [1.165, 1.54) is 0 Å². The molecule has 0 spiro atoms. The summed E-state index contributed by atoms with van der Waals surface area (Å²) in [6.07, 6.45) is 0. The van der Waals surface area contributed by atoms with Gasteiger partial charge in [0.25, 0.3) is 0 Å². The summed E-state index contributed by atoms with van der Waals surface area (Å²) in [7, 11) is -3.55. The van der Waals surface area contributed by atoms with Crippen molar-refractivity contribution in [3.8, 4) is 0 Å². The Kier molecular flexibility index (Phi) is 6.34. The number of nitrogens with two attached hydrogens (primary N) is 1. The molecule has 132 valence electrons. The Morgan fingerprint density at radius 3 is 2.33 bits per heavy atom. The number of nitrogens with one attached hydrogen (secondary N) is 2. The van der Waals surface area contributed by atoms with E-state index in [-0.39, 0.29) is 17.0 Å². The molecule has 0 aliphatic carbocycles. The van der Waals surface area contributed by atoms with Gasteiger partial charge in [0, 0.05) is 25.2 Å². The Bertz CT molecular complexity index is 775. The molecule has 0 heterocycles. The van der Waals surface area contributed by atoms with Crippen LogP contribution in [0.1, 0.15) is 20.8 Å². The molecule has 0 fully saturated rings. The van der Waals surface area contributed by atoms with Gasteiger partial charge in [-0.3, -0.25) is 0 Å². The van der Waals surface area contributed by atoms with Gasteiger partial charge in [-0.2, -0.15) is 0 Å². The average molecular weight is 350 g/mol. The molecule has 0 aliphatic rings. The second-order valence-electron chi connectivity index (χ2n) is 6.53. The van der Waals surface area contributed by atoms with Crippen LogP contribution in [-0.4, -0.2) is 33.6 Å². The van der Waals surface area contributed by atoms with Crippen LogP contribution in [0.15, 0.2) is 47.4 Å². The lowest BCUT2D eigenvalue weighted by molar-refractivity contribution is 0.391. The molecule has 2 aromatic rings. The predicted octanol–water partition coefficient (Wildman–Crippen LogP) is 2.08. The fraction of sp³-hybridized carbons (Fsp3) is 0.444. The van der Waals surface area contributed by atoms with E-state index in [0.29, 0.717) is 19.0 Å². The Labute approximate surface area is 144 Å². The first-order chi connectivity index (χ1) is 11.3. The molecule has 0 saturated heterocycles. The Balaban J connectivity index is 2.06. The molecule has 6 heteroatoms. The normalized spacial score (nSPS) is 14.9. The van der Waals surface area contributed by atoms with Crippen molar-refractivity contribution in [3.63, 3.8) is 0 Å². The van der Waals surface area contributed by atoms with E-state index in [2.05, 4.69) is 23.9 Å². The van der Waals surface area contributed by atoms with Crippen LogP contribution in [0.3, 0.4) is 0 Å². The molecule has 0 saturated carbocycles. The van der Waals surface area contributed by atoms with Crippen molar-refractivity contribution in [1.82, 2.24) is 10.0 Å². The molecule has 0 aromatic heterocycles. The highest BCUT2D eigenvalue weighted by Crippen LogP contribution is 2.19. The summed E-state index contributed by atoms with van der Waals surface area (Å²) in [6, 6.07) is 12.8. The third-order valence-electron chi connectivity index (χ3n) is 4.13. The summed E-state index contributed by atoms with van der Waals surface area (Å²) >= 11 is 0. The first-order valence-corrected chi connectivity index (χ1v) is 9.76. The zero-order valence-electron chi connectivity index (χ0n) is 14.5. The molecule has 0 unspecified atom stereocenters. The highest BCUT2D eigenvalue weighted by molar-refractivity contribution is 7.89. The highest BCUT2D eigenvalue weighted by atomic mass is 32.2. The zero-order chi connectivity index (χ0) is 17.7. The lowest BCUT2D eigenvalue weighted by Gasteiger charge is -2.23. The third kappa shape index (κ3) is 4.77. The van der Waals surface area contributed by atoms with Gasteiger partial charge < -0.3 is 11.1 Å². The molecular weight excluding hydrogens is 322 g/mol. The maximum Gasteiger partial charge on any atom is 0.240 e. The van der Waals surface area contributed by atoms with Gasteiger partial charge in [-0.15, -0.1) is 0 Å². The molecule has 0 radical (unpaired) electrons. The fourth-order valence-corrected chi connectivity index (χ4v) is 3.91. The quantitative estimate of drug-likeness (QED) is 0.681. The second-order valence-corrected chi connectivity index (χ2v) is 8.24. The van der Waals surface area contributed by atoms with Gasteiger partial charge in [0.05, 0.1) is 4.90 Å². The van der Waals surface area contributed by atoms with Gasteiger partial charge in [-0.25, -0.2) is 13.1 Å². The molecule has 0 bridgehead atoms. The molecule has 2 aromatic carbocycles. The number of hydrogen-bond donors (Lipinski definition) is 3. The SMILES string of the molecule is CC(C)[C@@H](CN)NC[C@H](C)NS(=O)(=O)c1ccc2ccccc2c1. The van der Waals surface area contributed by atoms with Gasteiger partial charge in [-0.05, 0) is 35.7 Å². The van der Waals surface area contributed by atoms with Gasteiger partial charge in [-0.1, -0.05) is 44.2 Å². The lowest BCUT2D eigenvalue weighted by atomic mass is 10.0. The summed E-state index contributed by atoms with van der Waals surface area (Å²) in [5, 5.41) is 5.25. The van der Waals surface area contributed by atoms with Crippen LogP contribution >= 0.6 is 0 Å². The largest absolute Gasteiger partial charge is 0.329 e. The molecule has 0 aliphatic heterocycles. The fourth-order valence-electron chi connectivity index (χ4n) is 2.63. The van der Waals surface area contributed by atoms with E-state index in [1.807, 2.05) is 37.3 Å². The van der Waals surface area contributed by atoms with E-state index < -0.39 is 10.0 Å². The topological polar surface area (TPSA) is 84.2 Å². The molecule has 4 N–H and O–H groups in total. The standard InChI is InChI=1S/C18H27N3O2S/c1-13(2)18(11-19)20-12-14(3)21-24(22,23)17-9-8-15-6-4-5-7-16(15)10-17/h4-10,13-14,18,20-21H,11-12,19H2,1-3H3/t14-,18+/m0/s1. The van der Waals surface area contributed by atoms with Crippen LogP contribution < -0.4 is 15.8 Å². The predicted molar refractivity (Wildman–Crippen MR) is 99.4 cm³/mol. The number of hydrogen-bond acceptors (Lipinski definition) is 4. The van der Waals surface area contributed by atoms with Crippen molar-refractivity contribution >= 4 is 20.8 Å². The van der Waals surface area contributed by atoms with E-state index in [0.717, 1.165) is 10.8 Å². The van der Waals surface area contributed by atoms with E-state index in [4.69, 9.17) is 5.73 Å². The van der Waals surface area contributed by atoms with E-state index in [9.17, 15) is 8.42 Å². The third-order valence-corrected chi connectivity index (χ3v) is 5.72. The van der Waals surface area contributed by atoms with Crippen LogP contribution in [0, 0.1) is 5.92 Å². The summed E-state index contributed by atoms with van der Waals surface area (Å²) < 4.78 is 27.9. The minimum Gasteiger partial charge on any atom is -0.329 e. The van der Waals surface area contributed by atoms with Crippen molar-refractivity contribution in [2.45, 2.75) is 37.8 Å². The number of rotatable bonds is 8. The average Bonchev–Trinajstić information content (AvgIpc) is 2.54. The van der Waals surface area contributed by atoms with Crippen LogP contribution in [0.5, 0.6) is 0 Å². The Morgan fingerprint density at radius 2 is 1.71 bits per heavy atom. The van der Waals surface area contributed by atoms with Gasteiger partial charge in [0.1, 0.15) is 0 Å². The molecule has 2 rings (SSSR count). The molecule has 24 heavy (non-hydrogen) atoms. The van der Waals surface area contributed by atoms with Gasteiger partial charge >= 0.3 is 0 Å². The maximum absolute atomic E-state index is 12.6. The van der Waals surface area contributed by atoms with Gasteiger partial charge in [0.2, 0.25) is 10.0 Å². The number of sulfonamides is 1. The van der Waals surface area contributed by atoms with Crippen molar-refractivity contribution in [3.05, 3.63) is 42.5 Å². The minimum absolute atomic E-state index is 0.178. The van der Waals surface area contributed by atoms with Crippen LogP contribution in [0.4, 0.5) is 0 Å². The zero-order valence-corrected chi connectivity index (χ0v) is 15.3. The van der Waals surface area contributed by atoms with Crippen molar-refractivity contribution < 1.29 is 8.42 Å². The van der Waals surface area contributed by atoms with E-state index >= 15 is 0 Å². The van der Waals surface area contributed by atoms with Gasteiger partial charge in [0.15, 0.2) is 0 Å². The summed E-state index contributed by atoms with van der Waals surface area (Å²) in [5.41, 5.74) is 5.73. The van der Waals surface area contributed by atoms with E-state index in [1.54, 1.807) is 12.1 Å². The summed E-state index contributed by atoms with van der Waals surface area (Å²) in [4.78, 5) is 0.285. The minimum atomic E-state index is -3.55. The molecule has 5 nitrogen and oxygen atoms in total. The maximum atomic E-state index is 12.6. The van der Waals surface area contributed by atoms with Crippen LogP contribution in [0.2, 0.25) is 0 Å². The molecule has 2 atom stereocenters. The highest BCUT2D eigenvalue weighted by Gasteiger charge is 2.19. The Hall–Kier alpha value is -1.47. The molecular formula is C18H27N3O2S. The number of fused-ring (bicyclic) bond motifs is 1. The van der Waals surface area contributed by atoms with Crippen molar-refractivity contribution in [2.24, 2.45) is 11.7 Å². The second kappa shape index (κ2) is 8.07. The smallest absolute Gasteiger partial charge is 0.240 e. The number of benzene rings is 2. The first kappa shape index (κ1) is 18.9. The van der Waals surface area contributed by atoms with Crippen LogP contribution in [-0.2, 0) is 10.0 Å². The molecule has 0 amide bonds. The van der Waals surface area contributed by atoms with Crippen molar-refractivity contribution in [2.75, 3.05) is 13.1 Å².